The maximum Gasteiger partial charge on any atom is 0.0596 e. The molecule has 1 unspecified atom stereocenters. The summed E-state index contributed by atoms with van der Waals surface area (Å²) in [7, 11) is 0. The average Bonchev–Trinajstić information content (AvgIpc) is 2.79. The molecule has 0 spiro atoms. The Balaban J connectivity index is 1.86. The van der Waals surface area contributed by atoms with E-state index in [1.165, 1.54) is 37.1 Å². The lowest BCUT2D eigenvalue weighted by Crippen LogP contribution is -2.25. The van der Waals surface area contributed by atoms with E-state index in [1.54, 1.807) is 0 Å². The molecule has 0 aromatic carbocycles. The van der Waals surface area contributed by atoms with Gasteiger partial charge in [0.1, 0.15) is 0 Å². The number of nitrogens with zero attached hydrogens (tertiary/aromatic N) is 2. The number of aryl methyl sites for hydroxylation is 2. The predicted octanol–water partition coefficient (Wildman–Crippen LogP) is 2.55. The smallest absolute Gasteiger partial charge is 0.0596 e. The van der Waals surface area contributed by atoms with Gasteiger partial charge in [-0.15, -0.1) is 0 Å². The third-order valence-corrected chi connectivity index (χ3v) is 4.15. The maximum absolute atomic E-state index is 4.50. The molecule has 0 radical (unpaired) electrons. The Labute approximate surface area is 85.3 Å². The van der Waals surface area contributed by atoms with Crippen LogP contribution in [-0.4, -0.2) is 9.78 Å². The van der Waals surface area contributed by atoms with Crippen molar-refractivity contribution in [1.82, 2.24) is 9.78 Å². The predicted molar refractivity (Wildman–Crippen MR) is 56.1 cm³/mol. The van der Waals surface area contributed by atoms with E-state index in [2.05, 4.69) is 29.7 Å². The minimum Gasteiger partial charge on any atom is -0.269 e. The number of hydrogen-bond acceptors (Lipinski definition) is 1. The molecule has 0 bridgehead atoms. The van der Waals surface area contributed by atoms with Gasteiger partial charge in [0.15, 0.2) is 0 Å². The monoisotopic (exact) mass is 190 g/mol. The van der Waals surface area contributed by atoms with Gasteiger partial charge in [-0.05, 0) is 50.0 Å². The summed E-state index contributed by atoms with van der Waals surface area (Å²) in [6.07, 6.45) is 5.50. The molecule has 1 saturated carbocycles. The molecule has 14 heavy (non-hydrogen) atoms. The second-order valence-electron chi connectivity index (χ2n) is 5.34. The summed E-state index contributed by atoms with van der Waals surface area (Å²) in [5.41, 5.74) is 3.33. The standard InChI is InChI=1S/C12H18N2/c1-9-7-11-8-10(12(2)4-5-12)3-6-14(11)13-9/h7,10H,3-6,8H2,1-2H3. The molecule has 1 aromatic rings. The summed E-state index contributed by atoms with van der Waals surface area (Å²) in [6, 6.07) is 2.26. The highest BCUT2D eigenvalue weighted by molar-refractivity contribution is 5.13. The molecule has 2 nitrogen and oxygen atoms in total. The highest BCUT2D eigenvalue weighted by atomic mass is 15.3. The van der Waals surface area contributed by atoms with Gasteiger partial charge in [-0.1, -0.05) is 6.92 Å². The summed E-state index contributed by atoms with van der Waals surface area (Å²) in [4.78, 5) is 0. The van der Waals surface area contributed by atoms with Crippen LogP contribution in [0.3, 0.4) is 0 Å². The van der Waals surface area contributed by atoms with Gasteiger partial charge in [0.25, 0.3) is 0 Å². The first kappa shape index (κ1) is 8.51. The summed E-state index contributed by atoms with van der Waals surface area (Å²) in [5.74, 6) is 0.922. The van der Waals surface area contributed by atoms with Crippen LogP contribution >= 0.6 is 0 Å². The van der Waals surface area contributed by atoms with E-state index in [-0.39, 0.29) is 0 Å². The third kappa shape index (κ3) is 1.20. The van der Waals surface area contributed by atoms with E-state index in [1.807, 2.05) is 0 Å². The van der Waals surface area contributed by atoms with Crippen LogP contribution in [0.2, 0.25) is 0 Å². The Kier molecular flexibility index (Phi) is 1.59. The molecular weight excluding hydrogens is 172 g/mol. The minimum atomic E-state index is 0.684. The first-order valence-corrected chi connectivity index (χ1v) is 5.71. The fourth-order valence-electron chi connectivity index (χ4n) is 2.79. The quantitative estimate of drug-likeness (QED) is 0.665. The zero-order valence-corrected chi connectivity index (χ0v) is 9.08. The van der Waals surface area contributed by atoms with Crippen LogP contribution in [0.4, 0.5) is 0 Å². The number of fused-ring (bicyclic) bond motifs is 1. The van der Waals surface area contributed by atoms with Crippen LogP contribution in [0.5, 0.6) is 0 Å². The molecule has 0 amide bonds. The lowest BCUT2D eigenvalue weighted by atomic mass is 9.82. The number of aromatic nitrogens is 2. The molecule has 3 rings (SSSR count). The molecule has 76 valence electrons. The van der Waals surface area contributed by atoms with Gasteiger partial charge >= 0.3 is 0 Å². The number of rotatable bonds is 1. The van der Waals surface area contributed by atoms with Crippen molar-refractivity contribution < 1.29 is 0 Å². The van der Waals surface area contributed by atoms with Crippen molar-refractivity contribution in [3.8, 4) is 0 Å². The molecule has 0 saturated heterocycles. The van der Waals surface area contributed by atoms with Crippen LogP contribution in [0, 0.1) is 18.3 Å². The Morgan fingerprint density at radius 1 is 1.50 bits per heavy atom. The first-order chi connectivity index (χ1) is 6.67. The lowest BCUT2D eigenvalue weighted by molar-refractivity contribution is 0.258. The normalized spacial score (nSPS) is 28.6. The zero-order valence-electron chi connectivity index (χ0n) is 9.08. The van der Waals surface area contributed by atoms with E-state index in [0.717, 1.165) is 12.5 Å². The Hall–Kier alpha value is -0.790. The largest absolute Gasteiger partial charge is 0.269 e. The van der Waals surface area contributed by atoms with E-state index < -0.39 is 0 Å². The molecule has 2 heterocycles. The van der Waals surface area contributed by atoms with Crippen LogP contribution in [0.15, 0.2) is 6.07 Å². The van der Waals surface area contributed by atoms with Crippen LogP contribution in [0.25, 0.3) is 0 Å². The van der Waals surface area contributed by atoms with E-state index in [0.29, 0.717) is 5.41 Å². The van der Waals surface area contributed by atoms with Gasteiger partial charge in [0, 0.05) is 12.2 Å². The van der Waals surface area contributed by atoms with Crippen molar-refractivity contribution in [2.45, 2.75) is 46.1 Å². The van der Waals surface area contributed by atoms with Gasteiger partial charge < -0.3 is 0 Å². The highest BCUT2D eigenvalue weighted by Crippen LogP contribution is 2.54. The summed E-state index contributed by atoms with van der Waals surface area (Å²) < 4.78 is 2.21. The average molecular weight is 190 g/mol. The summed E-state index contributed by atoms with van der Waals surface area (Å²) in [5, 5.41) is 4.50. The Morgan fingerprint density at radius 2 is 2.29 bits per heavy atom. The molecule has 1 aliphatic carbocycles. The minimum absolute atomic E-state index is 0.684. The fraction of sp³-hybridized carbons (Fsp3) is 0.750. The first-order valence-electron chi connectivity index (χ1n) is 5.71. The molecule has 1 fully saturated rings. The molecular formula is C12H18N2. The van der Waals surface area contributed by atoms with Crippen molar-refractivity contribution >= 4 is 0 Å². The van der Waals surface area contributed by atoms with Crippen molar-refractivity contribution in [3.63, 3.8) is 0 Å². The second kappa shape index (κ2) is 2.62. The summed E-state index contributed by atoms with van der Waals surface area (Å²) in [6.45, 7) is 5.69. The van der Waals surface area contributed by atoms with E-state index >= 15 is 0 Å². The molecule has 1 aromatic heterocycles. The van der Waals surface area contributed by atoms with E-state index in [9.17, 15) is 0 Å². The van der Waals surface area contributed by atoms with Crippen LogP contribution < -0.4 is 0 Å². The Morgan fingerprint density at radius 3 is 3.00 bits per heavy atom. The van der Waals surface area contributed by atoms with Crippen molar-refractivity contribution in [2.24, 2.45) is 11.3 Å². The molecule has 1 aliphatic heterocycles. The van der Waals surface area contributed by atoms with E-state index in [4.69, 9.17) is 0 Å². The Bertz CT molecular complexity index is 360. The van der Waals surface area contributed by atoms with Gasteiger partial charge in [-0.2, -0.15) is 5.10 Å². The van der Waals surface area contributed by atoms with Gasteiger partial charge in [-0.25, -0.2) is 0 Å². The highest BCUT2D eigenvalue weighted by Gasteiger charge is 2.45. The lowest BCUT2D eigenvalue weighted by Gasteiger charge is -2.28. The molecule has 0 N–H and O–H groups in total. The third-order valence-electron chi connectivity index (χ3n) is 4.15. The fourth-order valence-corrected chi connectivity index (χ4v) is 2.79. The summed E-state index contributed by atoms with van der Waals surface area (Å²) >= 11 is 0. The second-order valence-corrected chi connectivity index (χ2v) is 5.34. The maximum atomic E-state index is 4.50. The molecule has 2 heteroatoms. The van der Waals surface area contributed by atoms with Crippen LogP contribution in [-0.2, 0) is 13.0 Å². The molecule has 2 aliphatic rings. The SMILES string of the molecule is Cc1cc2n(n1)CCC(C1(C)CC1)C2. The van der Waals surface area contributed by atoms with Gasteiger partial charge in [0.2, 0.25) is 0 Å². The molecule has 1 atom stereocenters. The van der Waals surface area contributed by atoms with Gasteiger partial charge in [-0.3, -0.25) is 4.68 Å². The topological polar surface area (TPSA) is 17.8 Å². The van der Waals surface area contributed by atoms with Crippen molar-refractivity contribution in [2.75, 3.05) is 0 Å². The van der Waals surface area contributed by atoms with Crippen molar-refractivity contribution in [1.29, 1.82) is 0 Å². The number of hydrogen-bond donors (Lipinski definition) is 0. The van der Waals surface area contributed by atoms with Crippen LogP contribution in [0.1, 0.15) is 37.6 Å². The van der Waals surface area contributed by atoms with Crippen molar-refractivity contribution in [3.05, 3.63) is 17.5 Å². The van der Waals surface area contributed by atoms with Gasteiger partial charge in [0.05, 0.1) is 5.69 Å². The zero-order chi connectivity index (χ0) is 9.76.